The van der Waals surface area contributed by atoms with Crippen LogP contribution in [0.1, 0.15) is 47.9 Å². The molecule has 1 atom stereocenters. The Morgan fingerprint density at radius 1 is 1.28 bits per heavy atom. The second-order valence-corrected chi connectivity index (χ2v) is 5.56. The number of ether oxygens (including phenoxy) is 1. The van der Waals surface area contributed by atoms with E-state index in [1.165, 1.54) is 35.1 Å². The molecule has 0 heterocycles. The average Bonchev–Trinajstić information content (AvgIpc) is 2.41. The molecule has 0 bridgehead atoms. The van der Waals surface area contributed by atoms with Crippen LogP contribution in [-0.2, 0) is 12.8 Å². The largest absolute Gasteiger partial charge is 0.495 e. The first kappa shape index (κ1) is 13.7. The molecule has 2 rings (SSSR count). The molecule has 1 aliphatic rings. The van der Waals surface area contributed by atoms with Gasteiger partial charge in [-0.05, 0) is 61.8 Å². The van der Waals surface area contributed by atoms with Crippen LogP contribution in [-0.4, -0.2) is 13.7 Å². The molecule has 100 valence electrons. The van der Waals surface area contributed by atoms with E-state index in [1.54, 1.807) is 7.11 Å². The van der Waals surface area contributed by atoms with Crippen molar-refractivity contribution in [2.75, 3.05) is 13.7 Å². The Morgan fingerprint density at radius 2 is 1.89 bits per heavy atom. The van der Waals surface area contributed by atoms with Crippen molar-refractivity contribution in [3.05, 3.63) is 27.3 Å². The molecular formula is C15H22ClNO. The second-order valence-electron chi connectivity index (χ2n) is 5.19. The third-order valence-electron chi connectivity index (χ3n) is 4.08. The number of hydrogen-bond donors (Lipinski definition) is 1. The highest BCUT2D eigenvalue weighted by atomic mass is 35.5. The lowest BCUT2D eigenvalue weighted by Gasteiger charge is -2.27. The highest BCUT2D eigenvalue weighted by Gasteiger charge is 2.25. The van der Waals surface area contributed by atoms with Gasteiger partial charge in [-0.1, -0.05) is 18.5 Å². The van der Waals surface area contributed by atoms with E-state index in [4.69, 9.17) is 22.1 Å². The summed E-state index contributed by atoms with van der Waals surface area (Å²) in [6.07, 6.45) is 4.69. The molecule has 0 amide bonds. The lowest BCUT2D eigenvalue weighted by molar-refractivity contribution is 0.405. The van der Waals surface area contributed by atoms with E-state index in [2.05, 4.69) is 13.8 Å². The molecule has 2 N–H and O–H groups in total. The Hall–Kier alpha value is -0.730. The molecule has 1 unspecified atom stereocenters. The average molecular weight is 268 g/mol. The summed E-state index contributed by atoms with van der Waals surface area (Å²) < 4.78 is 5.56. The van der Waals surface area contributed by atoms with E-state index >= 15 is 0 Å². The van der Waals surface area contributed by atoms with Crippen molar-refractivity contribution < 1.29 is 4.74 Å². The predicted octanol–water partition coefficient (Wildman–Crippen LogP) is 3.60. The fourth-order valence-electron chi connectivity index (χ4n) is 3.06. The first-order chi connectivity index (χ1) is 8.61. The SMILES string of the molecule is COc1c(Cl)c2c(c(C)c1C(C)CN)CCCC2. The van der Waals surface area contributed by atoms with Crippen molar-refractivity contribution >= 4 is 11.6 Å². The van der Waals surface area contributed by atoms with E-state index in [1.807, 2.05) is 0 Å². The van der Waals surface area contributed by atoms with Crippen molar-refractivity contribution in [3.63, 3.8) is 0 Å². The Labute approximate surface area is 114 Å². The van der Waals surface area contributed by atoms with Crippen molar-refractivity contribution in [2.45, 2.75) is 45.4 Å². The minimum Gasteiger partial charge on any atom is -0.495 e. The van der Waals surface area contributed by atoms with Crippen LogP contribution in [0.2, 0.25) is 5.02 Å². The zero-order valence-corrected chi connectivity index (χ0v) is 12.2. The number of fused-ring (bicyclic) bond motifs is 1. The quantitative estimate of drug-likeness (QED) is 0.908. The second kappa shape index (κ2) is 5.50. The first-order valence-corrected chi connectivity index (χ1v) is 7.07. The summed E-state index contributed by atoms with van der Waals surface area (Å²) in [5, 5.41) is 0.813. The standard InChI is InChI=1S/C15H22ClNO/c1-9(8-17)13-10(2)11-6-4-5-7-12(11)14(16)15(13)18-3/h9H,4-8,17H2,1-3H3. The molecule has 2 nitrogen and oxygen atoms in total. The summed E-state index contributed by atoms with van der Waals surface area (Å²) in [5.41, 5.74) is 11.1. The van der Waals surface area contributed by atoms with Crippen molar-refractivity contribution in [1.29, 1.82) is 0 Å². The minimum atomic E-state index is 0.282. The maximum Gasteiger partial charge on any atom is 0.141 e. The van der Waals surface area contributed by atoms with Gasteiger partial charge >= 0.3 is 0 Å². The van der Waals surface area contributed by atoms with Gasteiger partial charge in [-0.3, -0.25) is 0 Å². The molecule has 1 aromatic rings. The van der Waals surface area contributed by atoms with Crippen LogP contribution in [0, 0.1) is 6.92 Å². The Balaban J connectivity index is 2.68. The summed E-state index contributed by atoms with van der Waals surface area (Å²) in [4.78, 5) is 0. The normalized spacial score (nSPS) is 16.3. The van der Waals surface area contributed by atoms with Gasteiger partial charge in [0.1, 0.15) is 5.75 Å². The van der Waals surface area contributed by atoms with Gasteiger partial charge in [0.05, 0.1) is 12.1 Å². The summed E-state index contributed by atoms with van der Waals surface area (Å²) >= 11 is 6.54. The Morgan fingerprint density at radius 3 is 2.44 bits per heavy atom. The minimum absolute atomic E-state index is 0.282. The number of rotatable bonds is 3. The first-order valence-electron chi connectivity index (χ1n) is 6.69. The molecule has 3 heteroatoms. The van der Waals surface area contributed by atoms with Crippen LogP contribution in [0.15, 0.2) is 0 Å². The van der Waals surface area contributed by atoms with Crippen LogP contribution in [0.4, 0.5) is 0 Å². The van der Waals surface area contributed by atoms with E-state index < -0.39 is 0 Å². The summed E-state index contributed by atoms with van der Waals surface area (Å²) in [6, 6.07) is 0. The predicted molar refractivity (Wildman–Crippen MR) is 76.9 cm³/mol. The maximum absolute atomic E-state index is 6.54. The molecule has 0 radical (unpaired) electrons. The van der Waals surface area contributed by atoms with Crippen molar-refractivity contribution in [1.82, 2.24) is 0 Å². The zero-order chi connectivity index (χ0) is 13.3. The van der Waals surface area contributed by atoms with Crippen LogP contribution in [0.5, 0.6) is 5.75 Å². The van der Waals surface area contributed by atoms with Gasteiger partial charge in [0.2, 0.25) is 0 Å². The summed E-state index contributed by atoms with van der Waals surface area (Å²) in [7, 11) is 1.70. The molecule has 0 aliphatic heterocycles. The fraction of sp³-hybridized carbons (Fsp3) is 0.600. The third-order valence-corrected chi connectivity index (χ3v) is 4.48. The molecule has 1 aromatic carbocycles. The van der Waals surface area contributed by atoms with Crippen molar-refractivity contribution in [3.8, 4) is 5.75 Å². The Kier molecular flexibility index (Phi) is 4.18. The van der Waals surface area contributed by atoms with E-state index in [-0.39, 0.29) is 5.92 Å². The lowest BCUT2D eigenvalue weighted by Crippen LogP contribution is -2.16. The highest BCUT2D eigenvalue weighted by Crippen LogP contribution is 2.43. The van der Waals surface area contributed by atoms with Gasteiger partial charge in [-0.25, -0.2) is 0 Å². The molecule has 0 saturated carbocycles. The number of halogens is 1. The molecular weight excluding hydrogens is 246 g/mol. The van der Waals surface area contributed by atoms with Gasteiger partial charge in [0, 0.05) is 5.56 Å². The monoisotopic (exact) mass is 267 g/mol. The molecule has 0 saturated heterocycles. The van der Waals surface area contributed by atoms with Crippen LogP contribution in [0.25, 0.3) is 0 Å². The molecule has 0 spiro atoms. The van der Waals surface area contributed by atoms with E-state index in [0.29, 0.717) is 6.54 Å². The third kappa shape index (κ3) is 2.12. The van der Waals surface area contributed by atoms with Gasteiger partial charge in [0.25, 0.3) is 0 Å². The van der Waals surface area contributed by atoms with Crippen LogP contribution in [0.3, 0.4) is 0 Å². The zero-order valence-electron chi connectivity index (χ0n) is 11.5. The molecule has 18 heavy (non-hydrogen) atoms. The molecule has 0 fully saturated rings. The molecule has 0 aromatic heterocycles. The Bertz CT molecular complexity index is 457. The van der Waals surface area contributed by atoms with Crippen LogP contribution >= 0.6 is 11.6 Å². The van der Waals surface area contributed by atoms with E-state index in [0.717, 1.165) is 23.6 Å². The number of hydrogen-bond acceptors (Lipinski definition) is 2. The fourth-order valence-corrected chi connectivity index (χ4v) is 3.45. The summed E-state index contributed by atoms with van der Waals surface area (Å²) in [5.74, 6) is 1.12. The van der Waals surface area contributed by atoms with Gasteiger partial charge in [0.15, 0.2) is 0 Å². The smallest absolute Gasteiger partial charge is 0.141 e. The summed E-state index contributed by atoms with van der Waals surface area (Å²) in [6.45, 7) is 4.94. The van der Waals surface area contributed by atoms with Crippen molar-refractivity contribution in [2.24, 2.45) is 5.73 Å². The molecule has 1 aliphatic carbocycles. The van der Waals surface area contributed by atoms with E-state index in [9.17, 15) is 0 Å². The highest BCUT2D eigenvalue weighted by molar-refractivity contribution is 6.33. The number of methoxy groups -OCH3 is 1. The van der Waals surface area contributed by atoms with Gasteiger partial charge in [-0.15, -0.1) is 0 Å². The maximum atomic E-state index is 6.54. The van der Waals surface area contributed by atoms with Gasteiger partial charge < -0.3 is 10.5 Å². The number of nitrogens with two attached hydrogens (primary N) is 1. The van der Waals surface area contributed by atoms with Crippen LogP contribution < -0.4 is 10.5 Å². The lowest BCUT2D eigenvalue weighted by atomic mass is 9.83. The number of benzene rings is 1. The van der Waals surface area contributed by atoms with Gasteiger partial charge in [-0.2, -0.15) is 0 Å². The topological polar surface area (TPSA) is 35.2 Å².